The molecule has 0 spiro atoms. The molecule has 12 heteroatoms. The van der Waals surface area contributed by atoms with E-state index in [0.717, 1.165) is 44.2 Å². The van der Waals surface area contributed by atoms with E-state index < -0.39 is 29.4 Å². The minimum atomic E-state index is -1.12. The third kappa shape index (κ3) is 5.43. The van der Waals surface area contributed by atoms with Gasteiger partial charge in [-0.1, -0.05) is 48.5 Å². The second-order valence-electron chi connectivity index (χ2n) is 12.5. The summed E-state index contributed by atoms with van der Waals surface area (Å²) in [7, 11) is 0. The lowest BCUT2D eigenvalue weighted by Gasteiger charge is -2.39. The second-order valence-corrected chi connectivity index (χ2v) is 12.9. The smallest absolute Gasteiger partial charge is 0.319 e. The summed E-state index contributed by atoms with van der Waals surface area (Å²) in [5.74, 6) is -3.51. The lowest BCUT2D eigenvalue weighted by atomic mass is 9.95. The summed E-state index contributed by atoms with van der Waals surface area (Å²) in [6.45, 7) is 13.1. The highest BCUT2D eigenvalue weighted by Crippen LogP contribution is 2.42. The molecule has 1 aromatic heterocycles. The monoisotopic (exact) mass is 660 g/mol. The number of benzene rings is 3. The Bertz CT molecular complexity index is 1950. The van der Waals surface area contributed by atoms with Gasteiger partial charge in [0.2, 0.25) is 6.54 Å². The van der Waals surface area contributed by atoms with Crippen molar-refractivity contribution >= 4 is 45.0 Å². The number of anilines is 1. The van der Waals surface area contributed by atoms with Crippen LogP contribution in [0.5, 0.6) is 6.01 Å². The van der Waals surface area contributed by atoms with E-state index in [1.807, 2.05) is 12.1 Å². The van der Waals surface area contributed by atoms with Gasteiger partial charge in [-0.2, -0.15) is 9.97 Å². The number of carbonyl (C=O) groups excluding carboxylic acids is 1. The molecule has 4 heterocycles. The van der Waals surface area contributed by atoms with Gasteiger partial charge in [-0.25, -0.2) is 19.7 Å². The molecular formula is C35H32ClF3N6O2. The number of aromatic nitrogens is 2. The molecule has 0 radical (unpaired) electrons. The van der Waals surface area contributed by atoms with E-state index in [0.29, 0.717) is 17.0 Å². The van der Waals surface area contributed by atoms with E-state index in [1.165, 1.54) is 11.0 Å². The average Bonchev–Trinajstić information content (AvgIpc) is 3.64. The second kappa shape index (κ2) is 12.3. The zero-order valence-corrected chi connectivity index (χ0v) is 26.4. The number of ether oxygens (including phenoxy) is 1. The predicted molar refractivity (Wildman–Crippen MR) is 175 cm³/mol. The van der Waals surface area contributed by atoms with E-state index in [9.17, 15) is 9.18 Å². The van der Waals surface area contributed by atoms with Gasteiger partial charge in [0, 0.05) is 35.4 Å². The molecule has 1 amide bonds. The molecule has 1 atom stereocenters. The molecule has 3 aromatic carbocycles. The van der Waals surface area contributed by atoms with Crippen LogP contribution in [0.3, 0.4) is 0 Å². The van der Waals surface area contributed by atoms with E-state index in [1.54, 1.807) is 29.2 Å². The van der Waals surface area contributed by atoms with Gasteiger partial charge in [0.25, 0.3) is 5.91 Å². The highest BCUT2D eigenvalue weighted by Gasteiger charge is 2.45. The van der Waals surface area contributed by atoms with Crippen LogP contribution in [-0.2, 0) is 4.79 Å². The molecular weight excluding hydrogens is 629 g/mol. The SMILES string of the molecule is [C-]#[N+]C[C@H]1CN(c2nc(OCC34CCCN3CCC4)nc3c(F)c(-c4cccc5cccc(Cl)c45)c(F)cc23)CCN1C(=O)C(=C)F. The first kappa shape index (κ1) is 31.2. The van der Waals surface area contributed by atoms with Crippen molar-refractivity contribution in [1.29, 1.82) is 0 Å². The van der Waals surface area contributed by atoms with E-state index >= 15 is 8.78 Å². The van der Waals surface area contributed by atoms with Crippen molar-refractivity contribution in [3.05, 3.63) is 82.9 Å². The van der Waals surface area contributed by atoms with Crippen LogP contribution in [0.15, 0.2) is 54.9 Å². The fraction of sp³-hybridized carbons (Fsp3) is 0.371. The summed E-state index contributed by atoms with van der Waals surface area (Å²) >= 11 is 6.55. The molecule has 8 nitrogen and oxygen atoms in total. The summed E-state index contributed by atoms with van der Waals surface area (Å²) < 4.78 is 53.1. The molecule has 0 unspecified atom stereocenters. The maximum absolute atomic E-state index is 16.8. The van der Waals surface area contributed by atoms with Gasteiger partial charge in [-0.05, 0) is 61.9 Å². The maximum atomic E-state index is 16.8. The number of halogens is 4. The molecule has 4 aromatic rings. The molecule has 0 bridgehead atoms. The minimum absolute atomic E-state index is 0.0505. The van der Waals surface area contributed by atoms with Gasteiger partial charge < -0.3 is 19.4 Å². The van der Waals surface area contributed by atoms with Crippen molar-refractivity contribution in [2.75, 3.05) is 50.8 Å². The number of rotatable bonds is 7. The van der Waals surface area contributed by atoms with E-state index in [2.05, 4.69) is 21.3 Å². The Morgan fingerprint density at radius 2 is 1.85 bits per heavy atom. The van der Waals surface area contributed by atoms with Gasteiger partial charge in [0.1, 0.15) is 29.8 Å². The molecule has 3 aliphatic rings. The van der Waals surface area contributed by atoms with Crippen LogP contribution in [0.1, 0.15) is 25.7 Å². The van der Waals surface area contributed by atoms with Crippen molar-refractivity contribution in [2.24, 2.45) is 0 Å². The molecule has 242 valence electrons. The molecule has 7 rings (SSSR count). The summed E-state index contributed by atoms with van der Waals surface area (Å²) in [6.07, 6.45) is 4.09. The normalized spacial score (nSPS) is 19.3. The van der Waals surface area contributed by atoms with Crippen molar-refractivity contribution in [2.45, 2.75) is 37.3 Å². The Morgan fingerprint density at radius 3 is 2.57 bits per heavy atom. The number of piperazine rings is 1. The first-order chi connectivity index (χ1) is 22.7. The van der Waals surface area contributed by atoms with Crippen LogP contribution in [0.25, 0.3) is 37.6 Å². The zero-order chi connectivity index (χ0) is 32.9. The summed E-state index contributed by atoms with van der Waals surface area (Å²) in [5, 5.41) is 1.71. The number of hydrogen-bond acceptors (Lipinski definition) is 6. The van der Waals surface area contributed by atoms with Crippen molar-refractivity contribution in [1.82, 2.24) is 19.8 Å². The third-order valence-corrected chi connectivity index (χ3v) is 10.1. The van der Waals surface area contributed by atoms with Crippen LogP contribution in [0, 0.1) is 18.2 Å². The molecule has 0 N–H and O–H groups in total. The average molecular weight is 661 g/mol. The number of amides is 1. The third-order valence-electron chi connectivity index (χ3n) is 9.82. The first-order valence-electron chi connectivity index (χ1n) is 15.7. The largest absolute Gasteiger partial charge is 0.461 e. The Labute approximate surface area is 275 Å². The summed E-state index contributed by atoms with van der Waals surface area (Å²) in [4.78, 5) is 30.7. The molecule has 3 fully saturated rings. The molecule has 3 saturated heterocycles. The molecule has 3 aliphatic heterocycles. The quantitative estimate of drug-likeness (QED) is 0.160. The Morgan fingerprint density at radius 1 is 1.11 bits per heavy atom. The van der Waals surface area contributed by atoms with Crippen molar-refractivity contribution in [3.63, 3.8) is 0 Å². The Balaban J connectivity index is 1.36. The Kier molecular flexibility index (Phi) is 8.18. The number of carbonyl (C=O) groups is 1. The van der Waals surface area contributed by atoms with E-state index in [4.69, 9.17) is 27.9 Å². The lowest BCUT2D eigenvalue weighted by molar-refractivity contribution is -0.131. The standard InChI is InChI=1S/C35H32ClF3N6O2/c1-21(37)33(46)45-16-15-43(19-23(45)18-40-2)32-25-17-27(38)29(24-9-3-7-22-8-4-10-26(36)28(22)24)30(39)31(25)41-34(42-32)47-20-35-11-5-13-44(35)14-6-12-35/h3-4,7-10,17,23H,1,5-6,11-16,18-20H2/t23-/m0/s1. The molecule has 47 heavy (non-hydrogen) atoms. The minimum Gasteiger partial charge on any atom is -0.461 e. The number of hydrogen-bond donors (Lipinski definition) is 0. The van der Waals surface area contributed by atoms with Crippen molar-refractivity contribution in [3.8, 4) is 17.1 Å². The van der Waals surface area contributed by atoms with Gasteiger partial charge in [-0.15, -0.1) is 0 Å². The predicted octanol–water partition coefficient (Wildman–Crippen LogP) is 6.81. The van der Waals surface area contributed by atoms with Crippen LogP contribution in [0.4, 0.5) is 19.0 Å². The fourth-order valence-electron chi connectivity index (χ4n) is 7.61. The zero-order valence-electron chi connectivity index (χ0n) is 25.6. The van der Waals surface area contributed by atoms with Gasteiger partial charge in [0.05, 0.1) is 11.1 Å². The fourth-order valence-corrected chi connectivity index (χ4v) is 7.89. The van der Waals surface area contributed by atoms with Crippen LogP contribution in [0.2, 0.25) is 5.02 Å². The topological polar surface area (TPSA) is 66.2 Å². The van der Waals surface area contributed by atoms with Gasteiger partial charge in [-0.3, -0.25) is 9.69 Å². The van der Waals surface area contributed by atoms with Crippen LogP contribution in [-0.4, -0.2) is 83.1 Å². The summed E-state index contributed by atoms with van der Waals surface area (Å²) in [6, 6.07) is 10.9. The lowest BCUT2D eigenvalue weighted by Crippen LogP contribution is -2.56. The van der Waals surface area contributed by atoms with Crippen molar-refractivity contribution < 1.29 is 22.7 Å². The Hall–Kier alpha value is -4.40. The highest BCUT2D eigenvalue weighted by atomic mass is 35.5. The van der Waals surface area contributed by atoms with E-state index in [-0.39, 0.29) is 65.6 Å². The maximum Gasteiger partial charge on any atom is 0.319 e. The number of fused-ring (bicyclic) bond motifs is 3. The highest BCUT2D eigenvalue weighted by molar-refractivity contribution is 6.36. The molecule has 0 aliphatic carbocycles. The summed E-state index contributed by atoms with van der Waals surface area (Å²) in [5.41, 5.74) is -0.248. The van der Waals surface area contributed by atoms with Gasteiger partial charge >= 0.3 is 6.01 Å². The molecule has 0 saturated carbocycles. The van der Waals surface area contributed by atoms with Crippen LogP contribution >= 0.6 is 11.6 Å². The van der Waals surface area contributed by atoms with Gasteiger partial charge in [0.15, 0.2) is 11.6 Å². The van der Waals surface area contributed by atoms with Crippen LogP contribution < -0.4 is 9.64 Å². The first-order valence-corrected chi connectivity index (χ1v) is 16.1. The number of nitrogens with zero attached hydrogens (tertiary/aromatic N) is 6.